The van der Waals surface area contributed by atoms with Crippen LogP contribution in [0.3, 0.4) is 0 Å². The minimum absolute atomic E-state index is 0.0119. The zero-order chi connectivity index (χ0) is 21.8. The number of hydrogen-bond acceptors (Lipinski definition) is 7. The molecule has 2 aromatic rings. The fourth-order valence-corrected chi connectivity index (χ4v) is 4.64. The summed E-state index contributed by atoms with van der Waals surface area (Å²) in [4.78, 5) is 23.8. The Kier molecular flexibility index (Phi) is 7.45. The van der Waals surface area contributed by atoms with E-state index in [9.17, 15) is 18.0 Å². The molecule has 0 saturated heterocycles. The highest BCUT2D eigenvalue weighted by Crippen LogP contribution is 2.26. The average Bonchev–Trinajstić information content (AvgIpc) is 3.07. The molecule has 0 radical (unpaired) electrons. The quantitative estimate of drug-likeness (QED) is 0.576. The van der Waals surface area contributed by atoms with E-state index in [2.05, 4.69) is 4.74 Å². The summed E-state index contributed by atoms with van der Waals surface area (Å²) < 4.78 is 41.9. The second kappa shape index (κ2) is 9.43. The SMILES string of the molecule is CCN(CC)S(=O)(=O)c1cc(C(=O)OCc2cc(C(=O)OC)c(C)o2)ccc1Cl. The van der Waals surface area contributed by atoms with Gasteiger partial charge in [0, 0.05) is 13.1 Å². The van der Waals surface area contributed by atoms with E-state index >= 15 is 0 Å². The van der Waals surface area contributed by atoms with Crippen molar-refractivity contribution in [2.24, 2.45) is 0 Å². The predicted octanol–water partition coefficient (Wildman–Crippen LogP) is 3.42. The van der Waals surface area contributed by atoms with Crippen LogP contribution in [0, 0.1) is 6.92 Å². The molecule has 10 heteroatoms. The Morgan fingerprint density at radius 2 is 1.79 bits per heavy atom. The maximum atomic E-state index is 12.7. The van der Waals surface area contributed by atoms with Crippen LogP contribution in [-0.2, 0) is 26.1 Å². The number of halogens is 1. The number of ether oxygens (including phenoxy) is 2. The first-order chi connectivity index (χ1) is 13.6. The lowest BCUT2D eigenvalue weighted by Gasteiger charge is -2.19. The summed E-state index contributed by atoms with van der Waals surface area (Å²) in [6, 6.07) is 5.32. The van der Waals surface area contributed by atoms with E-state index in [0.29, 0.717) is 5.76 Å². The van der Waals surface area contributed by atoms with Crippen LogP contribution in [0.15, 0.2) is 33.6 Å². The van der Waals surface area contributed by atoms with Gasteiger partial charge in [-0.1, -0.05) is 25.4 Å². The number of esters is 2. The van der Waals surface area contributed by atoms with Crippen LogP contribution in [0.1, 0.15) is 46.1 Å². The van der Waals surface area contributed by atoms with Crippen LogP contribution in [-0.4, -0.2) is 44.9 Å². The van der Waals surface area contributed by atoms with E-state index in [0.717, 1.165) is 0 Å². The highest BCUT2D eigenvalue weighted by Gasteiger charge is 2.26. The Labute approximate surface area is 174 Å². The van der Waals surface area contributed by atoms with Gasteiger partial charge >= 0.3 is 11.9 Å². The third-order valence-corrected chi connectivity index (χ3v) is 6.74. The van der Waals surface area contributed by atoms with Crippen LogP contribution in [0.2, 0.25) is 5.02 Å². The molecular formula is C19H22ClNO7S. The predicted molar refractivity (Wildman–Crippen MR) is 105 cm³/mol. The number of nitrogens with zero attached hydrogens (tertiary/aromatic N) is 1. The molecule has 0 N–H and O–H groups in total. The number of carbonyl (C=O) groups is 2. The van der Waals surface area contributed by atoms with Crippen LogP contribution >= 0.6 is 11.6 Å². The van der Waals surface area contributed by atoms with Crippen molar-refractivity contribution in [1.82, 2.24) is 4.31 Å². The fourth-order valence-electron chi connectivity index (χ4n) is 2.68. The Morgan fingerprint density at radius 3 is 2.38 bits per heavy atom. The Bertz CT molecular complexity index is 1010. The Balaban J connectivity index is 2.21. The maximum Gasteiger partial charge on any atom is 0.341 e. The van der Waals surface area contributed by atoms with Gasteiger partial charge in [0.05, 0.1) is 17.7 Å². The van der Waals surface area contributed by atoms with Gasteiger partial charge in [0.25, 0.3) is 0 Å². The Hall–Kier alpha value is -2.36. The molecule has 0 amide bonds. The van der Waals surface area contributed by atoms with Gasteiger partial charge in [-0.15, -0.1) is 0 Å². The standard InChI is InChI=1S/C19H22ClNO7S/c1-5-21(6-2)29(24,25)17-9-13(7-8-16(17)20)18(22)27-11-14-10-15(12(3)28-14)19(23)26-4/h7-10H,5-6,11H2,1-4H3. The Morgan fingerprint density at radius 1 is 1.14 bits per heavy atom. The molecule has 0 spiro atoms. The normalized spacial score (nSPS) is 11.5. The fraction of sp³-hybridized carbons (Fsp3) is 0.368. The van der Waals surface area contributed by atoms with Gasteiger partial charge in [0.15, 0.2) is 0 Å². The average molecular weight is 444 g/mol. The topological polar surface area (TPSA) is 103 Å². The molecule has 0 aliphatic heterocycles. The molecule has 8 nitrogen and oxygen atoms in total. The van der Waals surface area contributed by atoms with E-state index in [-0.39, 0.29) is 46.5 Å². The summed E-state index contributed by atoms with van der Waals surface area (Å²) in [5.41, 5.74) is 0.259. The molecule has 1 aromatic heterocycles. The second-order valence-corrected chi connectivity index (χ2v) is 8.30. The van der Waals surface area contributed by atoms with Gasteiger partial charge in [0.1, 0.15) is 28.6 Å². The number of aryl methyl sites for hydroxylation is 1. The third-order valence-electron chi connectivity index (χ3n) is 4.21. The molecule has 0 aliphatic rings. The number of benzene rings is 1. The van der Waals surface area contributed by atoms with Gasteiger partial charge in [-0.25, -0.2) is 18.0 Å². The highest BCUT2D eigenvalue weighted by molar-refractivity contribution is 7.89. The first kappa shape index (κ1) is 22.9. The van der Waals surface area contributed by atoms with Crippen LogP contribution < -0.4 is 0 Å². The summed E-state index contributed by atoms with van der Waals surface area (Å²) in [7, 11) is -2.60. The zero-order valence-electron chi connectivity index (χ0n) is 16.5. The molecule has 0 fully saturated rings. The number of methoxy groups -OCH3 is 1. The largest absolute Gasteiger partial charge is 0.465 e. The van der Waals surface area contributed by atoms with E-state index in [4.69, 9.17) is 20.8 Å². The third kappa shape index (κ3) is 4.98. The van der Waals surface area contributed by atoms with Crippen molar-refractivity contribution >= 4 is 33.6 Å². The van der Waals surface area contributed by atoms with E-state index < -0.39 is 22.0 Å². The molecule has 0 saturated carbocycles. The molecule has 158 valence electrons. The molecule has 1 aromatic carbocycles. The number of carbonyl (C=O) groups excluding carboxylic acids is 2. The lowest BCUT2D eigenvalue weighted by atomic mass is 10.2. The molecule has 0 atom stereocenters. The van der Waals surface area contributed by atoms with Crippen LogP contribution in [0.5, 0.6) is 0 Å². The smallest absolute Gasteiger partial charge is 0.341 e. The van der Waals surface area contributed by atoms with Gasteiger partial charge in [-0.05, 0) is 31.2 Å². The molecule has 0 unspecified atom stereocenters. The summed E-state index contributed by atoms with van der Waals surface area (Å²) in [6.07, 6.45) is 0. The summed E-state index contributed by atoms with van der Waals surface area (Å²) in [6.45, 7) is 5.30. The molecule has 0 bridgehead atoms. The number of hydrogen-bond donors (Lipinski definition) is 0. The van der Waals surface area contributed by atoms with Gasteiger partial charge < -0.3 is 13.9 Å². The molecule has 1 heterocycles. The molecule has 0 aliphatic carbocycles. The van der Waals surface area contributed by atoms with Crippen molar-refractivity contribution in [1.29, 1.82) is 0 Å². The van der Waals surface area contributed by atoms with Crippen molar-refractivity contribution in [3.8, 4) is 0 Å². The van der Waals surface area contributed by atoms with Crippen LogP contribution in [0.25, 0.3) is 0 Å². The molecular weight excluding hydrogens is 422 g/mol. The van der Waals surface area contributed by atoms with E-state index in [1.54, 1.807) is 20.8 Å². The second-order valence-electron chi connectivity index (χ2n) is 5.98. The van der Waals surface area contributed by atoms with Crippen molar-refractivity contribution in [2.45, 2.75) is 32.3 Å². The van der Waals surface area contributed by atoms with Crippen molar-refractivity contribution in [3.05, 3.63) is 51.9 Å². The molecule has 29 heavy (non-hydrogen) atoms. The van der Waals surface area contributed by atoms with Gasteiger partial charge in [0.2, 0.25) is 10.0 Å². The number of sulfonamides is 1. The van der Waals surface area contributed by atoms with Crippen molar-refractivity contribution in [2.75, 3.05) is 20.2 Å². The van der Waals surface area contributed by atoms with Crippen molar-refractivity contribution < 1.29 is 31.9 Å². The molecule has 2 rings (SSSR count). The lowest BCUT2D eigenvalue weighted by molar-refractivity contribution is 0.0443. The van der Waals surface area contributed by atoms with Crippen molar-refractivity contribution in [3.63, 3.8) is 0 Å². The summed E-state index contributed by atoms with van der Waals surface area (Å²) >= 11 is 6.06. The minimum atomic E-state index is -3.85. The lowest BCUT2D eigenvalue weighted by Crippen LogP contribution is -2.31. The maximum absolute atomic E-state index is 12.7. The van der Waals surface area contributed by atoms with Gasteiger partial charge in [-0.3, -0.25) is 0 Å². The van der Waals surface area contributed by atoms with E-state index in [1.807, 2.05) is 0 Å². The van der Waals surface area contributed by atoms with Crippen LogP contribution in [0.4, 0.5) is 0 Å². The van der Waals surface area contributed by atoms with Gasteiger partial charge in [-0.2, -0.15) is 4.31 Å². The zero-order valence-corrected chi connectivity index (χ0v) is 18.1. The summed E-state index contributed by atoms with van der Waals surface area (Å²) in [5.74, 6) is -0.734. The first-order valence-corrected chi connectivity index (χ1v) is 10.6. The van der Waals surface area contributed by atoms with E-state index in [1.165, 1.54) is 35.7 Å². The first-order valence-electron chi connectivity index (χ1n) is 8.80. The highest BCUT2D eigenvalue weighted by atomic mass is 35.5. The number of rotatable bonds is 8. The number of furan rings is 1. The monoisotopic (exact) mass is 443 g/mol. The minimum Gasteiger partial charge on any atom is -0.465 e. The summed E-state index contributed by atoms with van der Waals surface area (Å²) in [5, 5.41) is 0.0119.